The van der Waals surface area contributed by atoms with E-state index in [0.29, 0.717) is 18.7 Å². The van der Waals surface area contributed by atoms with Gasteiger partial charge in [0.15, 0.2) is 6.61 Å². The number of fused-ring (bicyclic) bond motifs is 1. The Morgan fingerprint density at radius 2 is 2.11 bits per heavy atom. The van der Waals surface area contributed by atoms with E-state index in [-0.39, 0.29) is 18.2 Å². The topological polar surface area (TPSA) is 41.5 Å². The number of benzene rings is 1. The molecule has 0 aromatic heterocycles. The minimum Gasteiger partial charge on any atom is -0.484 e. The smallest absolute Gasteiger partial charge is 0.422 e. The maximum absolute atomic E-state index is 12.0. The van der Waals surface area contributed by atoms with Crippen LogP contribution >= 0.6 is 12.4 Å². The Labute approximate surface area is 108 Å². The minimum atomic E-state index is -4.35. The quantitative estimate of drug-likeness (QED) is 0.874. The van der Waals surface area contributed by atoms with Crippen LogP contribution in [0.1, 0.15) is 17.2 Å². The van der Waals surface area contributed by atoms with Crippen molar-refractivity contribution in [3.63, 3.8) is 0 Å². The summed E-state index contributed by atoms with van der Waals surface area (Å²) < 4.78 is 40.5. The fraction of sp³-hybridized carbons (Fsp3) is 0.455. The zero-order valence-corrected chi connectivity index (χ0v) is 10.1. The summed E-state index contributed by atoms with van der Waals surface area (Å²) in [5.74, 6) is 0.127. The van der Waals surface area contributed by atoms with Crippen molar-refractivity contribution in [1.82, 2.24) is 5.32 Å². The Hall–Kier alpha value is -0.980. The number of β-amino-alcohol motifs (C(OH)–C–C–N with tert-alkyl or cyclic N) is 1. The summed E-state index contributed by atoms with van der Waals surface area (Å²) in [6.45, 7) is -0.318. The standard InChI is InChI=1S/C11H12F3NO2.ClH/c12-11(13,14)6-17-8-2-1-7-4-15-5-10(16)9(7)3-8;/h1-3,10,15-16H,4-6H2;1H. The van der Waals surface area contributed by atoms with Gasteiger partial charge in [-0.3, -0.25) is 0 Å². The number of hydrogen-bond acceptors (Lipinski definition) is 3. The molecular formula is C11H13ClF3NO2. The molecule has 1 aliphatic rings. The maximum atomic E-state index is 12.0. The normalized spacial score (nSPS) is 18.8. The van der Waals surface area contributed by atoms with E-state index >= 15 is 0 Å². The van der Waals surface area contributed by atoms with Crippen LogP contribution in [0.2, 0.25) is 0 Å². The molecule has 0 bridgehead atoms. The zero-order chi connectivity index (χ0) is 12.5. The maximum Gasteiger partial charge on any atom is 0.422 e. The molecule has 2 N–H and O–H groups in total. The monoisotopic (exact) mass is 283 g/mol. The number of nitrogens with one attached hydrogen (secondary N) is 1. The summed E-state index contributed by atoms with van der Waals surface area (Å²) in [7, 11) is 0. The molecule has 7 heteroatoms. The van der Waals surface area contributed by atoms with Gasteiger partial charge in [-0.2, -0.15) is 13.2 Å². The Balaban J connectivity index is 0.00000162. The summed E-state index contributed by atoms with van der Waals surface area (Å²) in [5, 5.41) is 12.7. The fourth-order valence-electron chi connectivity index (χ4n) is 1.75. The molecule has 0 amide bonds. The first-order valence-electron chi connectivity index (χ1n) is 5.17. The van der Waals surface area contributed by atoms with E-state index < -0.39 is 18.9 Å². The Morgan fingerprint density at radius 3 is 2.78 bits per heavy atom. The molecule has 1 aromatic carbocycles. The van der Waals surface area contributed by atoms with Gasteiger partial charge in [0.2, 0.25) is 0 Å². The van der Waals surface area contributed by atoms with E-state index in [0.717, 1.165) is 5.56 Å². The molecule has 1 aliphatic heterocycles. The predicted molar refractivity (Wildman–Crippen MR) is 61.9 cm³/mol. The van der Waals surface area contributed by atoms with Gasteiger partial charge < -0.3 is 15.2 Å². The number of hydrogen-bond donors (Lipinski definition) is 2. The van der Waals surface area contributed by atoms with Crippen molar-refractivity contribution < 1.29 is 23.0 Å². The highest BCUT2D eigenvalue weighted by Crippen LogP contribution is 2.27. The summed E-state index contributed by atoms with van der Waals surface area (Å²) in [6, 6.07) is 4.60. The number of ether oxygens (including phenoxy) is 1. The Morgan fingerprint density at radius 1 is 1.39 bits per heavy atom. The summed E-state index contributed by atoms with van der Waals surface area (Å²) in [4.78, 5) is 0. The number of aliphatic hydroxyl groups excluding tert-OH is 1. The summed E-state index contributed by atoms with van der Waals surface area (Å²) in [6.07, 6.45) is -5.05. The van der Waals surface area contributed by atoms with E-state index in [4.69, 9.17) is 0 Å². The second-order valence-corrected chi connectivity index (χ2v) is 3.91. The van der Waals surface area contributed by atoms with Crippen LogP contribution in [-0.2, 0) is 6.54 Å². The molecule has 0 aliphatic carbocycles. The van der Waals surface area contributed by atoms with E-state index in [1.807, 2.05) is 0 Å². The van der Waals surface area contributed by atoms with Crippen LogP contribution in [-0.4, -0.2) is 24.4 Å². The van der Waals surface area contributed by atoms with Gasteiger partial charge in [0, 0.05) is 13.1 Å². The molecule has 18 heavy (non-hydrogen) atoms. The molecule has 1 unspecified atom stereocenters. The zero-order valence-electron chi connectivity index (χ0n) is 9.33. The molecule has 1 atom stereocenters. The highest BCUT2D eigenvalue weighted by molar-refractivity contribution is 5.85. The molecule has 102 valence electrons. The van der Waals surface area contributed by atoms with Gasteiger partial charge in [-0.25, -0.2) is 0 Å². The lowest BCUT2D eigenvalue weighted by molar-refractivity contribution is -0.153. The highest BCUT2D eigenvalue weighted by Gasteiger charge is 2.28. The lowest BCUT2D eigenvalue weighted by atomic mass is 9.98. The lowest BCUT2D eigenvalue weighted by Crippen LogP contribution is -2.28. The number of rotatable bonds is 2. The van der Waals surface area contributed by atoms with Crippen molar-refractivity contribution in [2.75, 3.05) is 13.2 Å². The third-order valence-electron chi connectivity index (χ3n) is 2.53. The molecule has 2 rings (SSSR count). The molecule has 0 radical (unpaired) electrons. The van der Waals surface area contributed by atoms with E-state index in [2.05, 4.69) is 10.1 Å². The third-order valence-corrected chi connectivity index (χ3v) is 2.53. The predicted octanol–water partition coefficient (Wildman–Crippen LogP) is 2.19. The van der Waals surface area contributed by atoms with Gasteiger partial charge in [0.1, 0.15) is 5.75 Å². The molecule has 0 spiro atoms. The first-order valence-corrected chi connectivity index (χ1v) is 5.17. The SMILES string of the molecule is Cl.OC1CNCc2ccc(OCC(F)(F)F)cc21. The van der Waals surface area contributed by atoms with Gasteiger partial charge in [-0.05, 0) is 23.3 Å². The summed E-state index contributed by atoms with van der Waals surface area (Å²) in [5.41, 5.74) is 1.51. The molecular weight excluding hydrogens is 271 g/mol. The molecule has 1 aromatic rings. The number of aliphatic hydroxyl groups is 1. The average Bonchev–Trinajstić information content (AvgIpc) is 2.26. The number of halogens is 4. The first-order chi connectivity index (χ1) is 7.96. The molecule has 1 heterocycles. The van der Waals surface area contributed by atoms with Crippen molar-refractivity contribution in [1.29, 1.82) is 0 Å². The fourth-order valence-corrected chi connectivity index (χ4v) is 1.75. The third kappa shape index (κ3) is 3.76. The Bertz CT molecular complexity index is 412. The van der Waals surface area contributed by atoms with Crippen LogP contribution in [0.4, 0.5) is 13.2 Å². The molecule has 0 saturated heterocycles. The van der Waals surface area contributed by atoms with Crippen molar-refractivity contribution in [2.45, 2.75) is 18.8 Å². The van der Waals surface area contributed by atoms with Gasteiger partial charge >= 0.3 is 6.18 Å². The van der Waals surface area contributed by atoms with Crippen LogP contribution in [0, 0.1) is 0 Å². The van der Waals surface area contributed by atoms with Crippen LogP contribution in [0.15, 0.2) is 18.2 Å². The second-order valence-electron chi connectivity index (χ2n) is 3.91. The van der Waals surface area contributed by atoms with Gasteiger partial charge in [-0.1, -0.05) is 6.07 Å². The van der Waals surface area contributed by atoms with E-state index in [1.54, 1.807) is 6.07 Å². The van der Waals surface area contributed by atoms with Crippen molar-refractivity contribution >= 4 is 12.4 Å². The first kappa shape index (κ1) is 15.1. The van der Waals surface area contributed by atoms with Crippen molar-refractivity contribution in [3.8, 4) is 5.75 Å². The molecule has 0 saturated carbocycles. The van der Waals surface area contributed by atoms with Gasteiger partial charge in [0.05, 0.1) is 6.10 Å². The molecule has 0 fully saturated rings. The van der Waals surface area contributed by atoms with Crippen molar-refractivity contribution in [3.05, 3.63) is 29.3 Å². The number of alkyl halides is 3. The largest absolute Gasteiger partial charge is 0.484 e. The Kier molecular flexibility index (Phi) is 4.84. The van der Waals surface area contributed by atoms with Crippen LogP contribution in [0.3, 0.4) is 0 Å². The van der Waals surface area contributed by atoms with Gasteiger partial charge in [0.25, 0.3) is 0 Å². The van der Waals surface area contributed by atoms with Crippen molar-refractivity contribution in [2.24, 2.45) is 0 Å². The van der Waals surface area contributed by atoms with Crippen LogP contribution in [0.5, 0.6) is 5.75 Å². The minimum absolute atomic E-state index is 0. The van der Waals surface area contributed by atoms with Crippen LogP contribution in [0.25, 0.3) is 0 Å². The van der Waals surface area contributed by atoms with E-state index in [9.17, 15) is 18.3 Å². The highest BCUT2D eigenvalue weighted by atomic mass is 35.5. The van der Waals surface area contributed by atoms with E-state index in [1.165, 1.54) is 12.1 Å². The van der Waals surface area contributed by atoms with Gasteiger partial charge in [-0.15, -0.1) is 12.4 Å². The summed E-state index contributed by atoms with van der Waals surface area (Å²) >= 11 is 0. The van der Waals surface area contributed by atoms with Crippen LogP contribution < -0.4 is 10.1 Å². The lowest BCUT2D eigenvalue weighted by Gasteiger charge is -2.23. The average molecular weight is 284 g/mol. The second kappa shape index (κ2) is 5.77. The molecule has 3 nitrogen and oxygen atoms in total.